The fourth-order valence-electron chi connectivity index (χ4n) is 4.24. The number of aromatic nitrogens is 2. The van der Waals surface area contributed by atoms with Crippen molar-refractivity contribution in [3.05, 3.63) is 35.7 Å². The second-order valence-electron chi connectivity index (χ2n) is 7.93. The number of alkyl halides is 3. The van der Waals surface area contributed by atoms with E-state index >= 15 is 0 Å². The van der Waals surface area contributed by atoms with E-state index in [1.807, 2.05) is 0 Å². The van der Waals surface area contributed by atoms with E-state index in [0.717, 1.165) is 43.4 Å². The topological polar surface area (TPSA) is 42.2 Å². The van der Waals surface area contributed by atoms with Gasteiger partial charge in [-0.25, -0.2) is 0 Å². The number of aryl methyl sites for hydroxylation is 1. The van der Waals surface area contributed by atoms with Gasteiger partial charge in [-0.15, -0.1) is 0 Å². The SMILES string of the molecule is CCC(CC)N1CCC(CCCc2noc(-c3ccc(C(F)(F)F)cc3)n2)CC1. The van der Waals surface area contributed by atoms with Gasteiger partial charge < -0.3 is 9.42 Å². The highest BCUT2D eigenvalue weighted by atomic mass is 19.4. The average molecular weight is 409 g/mol. The van der Waals surface area contributed by atoms with Crippen LogP contribution in [0.5, 0.6) is 0 Å². The van der Waals surface area contributed by atoms with E-state index in [-0.39, 0.29) is 5.89 Å². The maximum Gasteiger partial charge on any atom is 0.416 e. The van der Waals surface area contributed by atoms with Crippen LogP contribution in [0.2, 0.25) is 0 Å². The van der Waals surface area contributed by atoms with E-state index < -0.39 is 11.7 Å². The third-order valence-corrected chi connectivity index (χ3v) is 6.05. The molecule has 0 aliphatic carbocycles. The Bertz CT molecular complexity index is 745. The molecule has 3 rings (SSSR count). The van der Waals surface area contributed by atoms with Crippen LogP contribution < -0.4 is 0 Å². The lowest BCUT2D eigenvalue weighted by Crippen LogP contribution is -2.40. The molecule has 0 bridgehead atoms. The molecule has 2 aromatic rings. The molecule has 1 aliphatic rings. The largest absolute Gasteiger partial charge is 0.416 e. The van der Waals surface area contributed by atoms with Gasteiger partial charge in [0, 0.05) is 18.0 Å². The van der Waals surface area contributed by atoms with Crippen molar-refractivity contribution in [2.45, 2.75) is 71.0 Å². The van der Waals surface area contributed by atoms with Gasteiger partial charge in [-0.05, 0) is 81.8 Å². The second-order valence-corrected chi connectivity index (χ2v) is 7.93. The summed E-state index contributed by atoms with van der Waals surface area (Å²) in [5.74, 6) is 1.64. The molecule has 2 heterocycles. The van der Waals surface area contributed by atoms with Gasteiger partial charge in [0.05, 0.1) is 5.56 Å². The van der Waals surface area contributed by atoms with Crippen molar-refractivity contribution in [2.24, 2.45) is 5.92 Å². The van der Waals surface area contributed by atoms with Gasteiger partial charge in [-0.3, -0.25) is 0 Å². The average Bonchev–Trinajstić information content (AvgIpc) is 3.18. The van der Waals surface area contributed by atoms with Crippen LogP contribution in [0.25, 0.3) is 11.5 Å². The van der Waals surface area contributed by atoms with Crippen LogP contribution in [-0.4, -0.2) is 34.2 Å². The fourth-order valence-corrected chi connectivity index (χ4v) is 4.24. The molecule has 0 atom stereocenters. The smallest absolute Gasteiger partial charge is 0.334 e. The number of likely N-dealkylation sites (tertiary alicyclic amines) is 1. The van der Waals surface area contributed by atoms with Crippen molar-refractivity contribution in [2.75, 3.05) is 13.1 Å². The van der Waals surface area contributed by atoms with Crippen LogP contribution in [0.4, 0.5) is 13.2 Å². The summed E-state index contributed by atoms with van der Waals surface area (Å²) in [6.45, 7) is 6.92. The minimum Gasteiger partial charge on any atom is -0.334 e. The Labute approximate surface area is 170 Å². The van der Waals surface area contributed by atoms with Crippen molar-refractivity contribution in [1.29, 1.82) is 0 Å². The highest BCUT2D eigenvalue weighted by molar-refractivity contribution is 5.53. The van der Waals surface area contributed by atoms with E-state index in [0.29, 0.717) is 11.4 Å². The first kappa shape index (κ1) is 21.8. The summed E-state index contributed by atoms with van der Waals surface area (Å²) in [4.78, 5) is 6.98. The maximum absolute atomic E-state index is 12.7. The Hall–Kier alpha value is -1.89. The zero-order valence-corrected chi connectivity index (χ0v) is 17.2. The van der Waals surface area contributed by atoms with E-state index in [1.165, 1.54) is 50.9 Å². The minimum absolute atomic E-state index is 0.271. The molecule has 7 heteroatoms. The number of halogens is 3. The first-order chi connectivity index (χ1) is 13.9. The maximum atomic E-state index is 12.7. The van der Waals surface area contributed by atoms with Crippen LogP contribution in [0.15, 0.2) is 28.8 Å². The highest BCUT2D eigenvalue weighted by Crippen LogP contribution is 2.31. The van der Waals surface area contributed by atoms with Crippen molar-refractivity contribution >= 4 is 0 Å². The molecule has 1 aromatic heterocycles. The van der Waals surface area contributed by atoms with Crippen molar-refractivity contribution in [1.82, 2.24) is 15.0 Å². The Morgan fingerprint density at radius 3 is 2.34 bits per heavy atom. The molecule has 0 spiro atoms. The lowest BCUT2D eigenvalue weighted by atomic mass is 9.90. The molecule has 0 unspecified atom stereocenters. The number of nitrogens with zero attached hydrogens (tertiary/aromatic N) is 3. The Morgan fingerprint density at radius 2 is 1.76 bits per heavy atom. The zero-order chi connectivity index (χ0) is 20.9. The van der Waals surface area contributed by atoms with E-state index in [4.69, 9.17) is 4.52 Å². The predicted molar refractivity (Wildman–Crippen MR) is 106 cm³/mol. The summed E-state index contributed by atoms with van der Waals surface area (Å²) in [6.07, 6.45) is 3.49. The van der Waals surface area contributed by atoms with Crippen LogP contribution >= 0.6 is 0 Å². The number of hydrogen-bond donors (Lipinski definition) is 0. The number of rotatable bonds is 8. The second kappa shape index (κ2) is 9.74. The number of piperidine rings is 1. The zero-order valence-electron chi connectivity index (χ0n) is 17.2. The third kappa shape index (κ3) is 5.81. The monoisotopic (exact) mass is 409 g/mol. The van der Waals surface area contributed by atoms with Crippen LogP contribution in [0.1, 0.15) is 63.8 Å². The van der Waals surface area contributed by atoms with Gasteiger partial charge in [0.2, 0.25) is 0 Å². The Kier molecular flexibility index (Phi) is 7.33. The first-order valence-electron chi connectivity index (χ1n) is 10.6. The molecule has 0 N–H and O–H groups in total. The van der Waals surface area contributed by atoms with Crippen LogP contribution in [0, 0.1) is 5.92 Å². The summed E-state index contributed by atoms with van der Waals surface area (Å²) >= 11 is 0. The molecule has 0 amide bonds. The lowest BCUT2D eigenvalue weighted by Gasteiger charge is -2.37. The molecule has 4 nitrogen and oxygen atoms in total. The number of benzene rings is 1. The molecule has 1 aliphatic heterocycles. The summed E-state index contributed by atoms with van der Waals surface area (Å²) in [5, 5.41) is 3.99. The third-order valence-electron chi connectivity index (χ3n) is 6.05. The Morgan fingerprint density at radius 1 is 1.10 bits per heavy atom. The van der Waals surface area contributed by atoms with Gasteiger partial charge in [0.15, 0.2) is 5.82 Å². The van der Waals surface area contributed by atoms with Crippen LogP contribution in [-0.2, 0) is 12.6 Å². The van der Waals surface area contributed by atoms with Crippen molar-refractivity contribution in [3.63, 3.8) is 0 Å². The summed E-state index contributed by atoms with van der Waals surface area (Å²) in [6, 6.07) is 5.53. The van der Waals surface area contributed by atoms with E-state index in [2.05, 4.69) is 28.9 Å². The van der Waals surface area contributed by atoms with Gasteiger partial charge >= 0.3 is 6.18 Å². The first-order valence-corrected chi connectivity index (χ1v) is 10.6. The standard InChI is InChI=1S/C22H30F3N3O/c1-3-19(4-2)28-14-12-16(13-15-28)6-5-7-20-26-21(29-27-20)17-8-10-18(11-9-17)22(23,24)25/h8-11,16,19H,3-7,12-15H2,1-2H3. The molecule has 29 heavy (non-hydrogen) atoms. The molecule has 1 aromatic carbocycles. The highest BCUT2D eigenvalue weighted by Gasteiger charge is 2.30. The van der Waals surface area contributed by atoms with Gasteiger partial charge in [-0.2, -0.15) is 18.2 Å². The van der Waals surface area contributed by atoms with Gasteiger partial charge in [0.25, 0.3) is 5.89 Å². The molecule has 0 radical (unpaired) electrons. The van der Waals surface area contributed by atoms with Crippen LogP contribution in [0.3, 0.4) is 0 Å². The molecular weight excluding hydrogens is 379 g/mol. The molecule has 1 fully saturated rings. The normalized spacial score (nSPS) is 16.6. The lowest BCUT2D eigenvalue weighted by molar-refractivity contribution is -0.137. The van der Waals surface area contributed by atoms with Crippen molar-refractivity contribution < 1.29 is 17.7 Å². The summed E-state index contributed by atoms with van der Waals surface area (Å²) < 4.78 is 43.2. The van der Waals surface area contributed by atoms with E-state index in [1.54, 1.807) is 0 Å². The number of hydrogen-bond acceptors (Lipinski definition) is 4. The fraction of sp³-hybridized carbons (Fsp3) is 0.636. The van der Waals surface area contributed by atoms with E-state index in [9.17, 15) is 13.2 Å². The van der Waals surface area contributed by atoms with Gasteiger partial charge in [0.1, 0.15) is 0 Å². The quantitative estimate of drug-likeness (QED) is 0.538. The molecule has 1 saturated heterocycles. The van der Waals surface area contributed by atoms with Crippen molar-refractivity contribution in [3.8, 4) is 11.5 Å². The molecule has 160 valence electrons. The predicted octanol–water partition coefficient (Wildman–Crippen LogP) is 5.98. The minimum atomic E-state index is -4.34. The molecular formula is C22H30F3N3O. The summed E-state index contributed by atoms with van der Waals surface area (Å²) in [5.41, 5.74) is -0.179. The van der Waals surface area contributed by atoms with Gasteiger partial charge in [-0.1, -0.05) is 19.0 Å². The molecule has 0 saturated carbocycles. The summed E-state index contributed by atoms with van der Waals surface area (Å²) in [7, 11) is 0. The Balaban J connectivity index is 1.44.